The van der Waals surface area contributed by atoms with Gasteiger partial charge in [0.1, 0.15) is 4.90 Å². The van der Waals surface area contributed by atoms with Crippen LogP contribution in [0, 0.1) is 6.92 Å². The van der Waals surface area contributed by atoms with E-state index < -0.39 is 15.9 Å². The van der Waals surface area contributed by atoms with E-state index in [1.807, 2.05) is 24.3 Å². The van der Waals surface area contributed by atoms with Crippen molar-refractivity contribution in [2.75, 3.05) is 4.31 Å². The van der Waals surface area contributed by atoms with Gasteiger partial charge in [-0.25, -0.2) is 13.4 Å². The van der Waals surface area contributed by atoms with E-state index in [0.29, 0.717) is 11.1 Å². The number of aromatic nitrogens is 1. The molecule has 0 saturated heterocycles. The number of anilines is 1. The summed E-state index contributed by atoms with van der Waals surface area (Å²) in [5.74, 6) is -0.406. The number of hydrogen-bond donors (Lipinski definition) is 0. The smallest absolute Gasteiger partial charge is 0.267 e. The van der Waals surface area contributed by atoms with Gasteiger partial charge in [-0.15, -0.1) is 0 Å². The lowest BCUT2D eigenvalue weighted by Gasteiger charge is -2.17. The summed E-state index contributed by atoms with van der Waals surface area (Å²) < 4.78 is 26.3. The van der Waals surface area contributed by atoms with Gasteiger partial charge in [0, 0.05) is 5.39 Å². The van der Waals surface area contributed by atoms with Crippen LogP contribution < -0.4 is 4.31 Å². The number of para-hydroxylation sites is 1. The lowest BCUT2D eigenvalue weighted by molar-refractivity contribution is 0.101. The predicted molar refractivity (Wildman–Crippen MR) is 86.9 cm³/mol. The molecule has 0 saturated carbocycles. The molecule has 1 aromatic heterocycles. The quantitative estimate of drug-likeness (QED) is 0.690. The van der Waals surface area contributed by atoms with Crippen molar-refractivity contribution in [3.05, 3.63) is 65.7 Å². The number of hydrogen-bond acceptors (Lipinski definition) is 4. The van der Waals surface area contributed by atoms with E-state index in [0.717, 1.165) is 9.69 Å². The van der Waals surface area contributed by atoms with E-state index in [1.54, 1.807) is 25.1 Å². The number of aryl methyl sites for hydroxylation is 1. The van der Waals surface area contributed by atoms with E-state index in [4.69, 9.17) is 0 Å². The van der Waals surface area contributed by atoms with Crippen LogP contribution in [0.25, 0.3) is 10.9 Å². The van der Waals surface area contributed by atoms with Crippen molar-refractivity contribution in [2.45, 2.75) is 11.8 Å². The number of pyridine rings is 1. The third-order valence-electron chi connectivity index (χ3n) is 3.90. The summed E-state index contributed by atoms with van der Waals surface area (Å²) in [7, 11) is -3.92. The number of rotatable bonds is 1. The Labute approximate surface area is 133 Å². The first-order valence-corrected chi connectivity index (χ1v) is 8.49. The Morgan fingerprint density at radius 3 is 2.48 bits per heavy atom. The fraction of sp³-hybridized carbons (Fsp3) is 0.0588. The van der Waals surface area contributed by atoms with Crippen molar-refractivity contribution in [1.82, 2.24) is 4.98 Å². The highest BCUT2D eigenvalue weighted by Crippen LogP contribution is 2.35. The van der Waals surface area contributed by atoms with Crippen LogP contribution in [0.1, 0.15) is 15.9 Å². The second-order valence-electron chi connectivity index (χ2n) is 5.39. The van der Waals surface area contributed by atoms with Crippen LogP contribution in [0.5, 0.6) is 0 Å². The van der Waals surface area contributed by atoms with Crippen LogP contribution in [0.2, 0.25) is 0 Å². The summed E-state index contributed by atoms with van der Waals surface area (Å²) in [5.41, 5.74) is 1.46. The summed E-state index contributed by atoms with van der Waals surface area (Å²) in [6, 6.07) is 15.4. The highest BCUT2D eigenvalue weighted by molar-refractivity contribution is 7.94. The molecule has 4 rings (SSSR count). The molecular formula is C17H12N2O3S. The fourth-order valence-corrected chi connectivity index (χ4v) is 4.42. The molecule has 0 spiro atoms. The largest absolute Gasteiger partial charge is 0.274 e. The zero-order valence-corrected chi connectivity index (χ0v) is 13.0. The molecule has 6 heteroatoms. The molecular weight excluding hydrogens is 312 g/mol. The van der Waals surface area contributed by atoms with Gasteiger partial charge in [-0.1, -0.05) is 30.3 Å². The molecule has 0 bridgehead atoms. The van der Waals surface area contributed by atoms with Gasteiger partial charge in [0.05, 0.1) is 11.1 Å². The molecule has 1 aliphatic heterocycles. The minimum atomic E-state index is -3.92. The molecule has 0 radical (unpaired) electrons. The highest BCUT2D eigenvalue weighted by Gasteiger charge is 2.43. The van der Waals surface area contributed by atoms with E-state index in [2.05, 4.69) is 4.98 Å². The number of benzene rings is 2. The van der Waals surface area contributed by atoms with Gasteiger partial charge < -0.3 is 0 Å². The standard InChI is InChI=1S/C17H12N2O3S/c1-11-10-12-6-2-4-8-14(12)18-16(11)19-17(20)13-7-3-5-9-15(13)23(19,21)22/h2-10H,1H3. The van der Waals surface area contributed by atoms with Gasteiger partial charge in [-0.3, -0.25) is 4.79 Å². The number of sulfonamides is 1. The molecule has 114 valence electrons. The zero-order valence-electron chi connectivity index (χ0n) is 12.2. The Balaban J connectivity index is 1.99. The molecule has 23 heavy (non-hydrogen) atoms. The maximum Gasteiger partial charge on any atom is 0.274 e. The maximum absolute atomic E-state index is 12.7. The summed E-state index contributed by atoms with van der Waals surface area (Å²) in [6.45, 7) is 1.75. The Kier molecular flexibility index (Phi) is 2.80. The van der Waals surface area contributed by atoms with Crippen LogP contribution in [-0.2, 0) is 10.0 Å². The fourth-order valence-electron chi connectivity index (χ4n) is 2.81. The lowest BCUT2D eigenvalue weighted by atomic mass is 10.1. The molecule has 2 heterocycles. The summed E-state index contributed by atoms with van der Waals surface area (Å²) in [4.78, 5) is 17.0. The highest BCUT2D eigenvalue weighted by atomic mass is 32.2. The van der Waals surface area contributed by atoms with Crippen LogP contribution >= 0.6 is 0 Å². The molecule has 0 fully saturated rings. The second kappa shape index (κ2) is 4.63. The van der Waals surface area contributed by atoms with Crippen LogP contribution in [0.15, 0.2) is 59.5 Å². The maximum atomic E-state index is 12.7. The van der Waals surface area contributed by atoms with Crippen molar-refractivity contribution in [1.29, 1.82) is 0 Å². The summed E-state index contributed by atoms with van der Waals surface area (Å²) in [6.07, 6.45) is 0. The third-order valence-corrected chi connectivity index (χ3v) is 5.63. The predicted octanol–water partition coefficient (Wildman–Crippen LogP) is 2.89. The number of amides is 1. The monoisotopic (exact) mass is 324 g/mol. The Bertz CT molecular complexity index is 1070. The molecule has 5 nitrogen and oxygen atoms in total. The van der Waals surface area contributed by atoms with Crippen LogP contribution in [0.4, 0.5) is 5.82 Å². The number of nitrogens with zero attached hydrogens (tertiary/aromatic N) is 2. The normalized spacial score (nSPS) is 15.9. The number of fused-ring (bicyclic) bond motifs is 2. The van der Waals surface area contributed by atoms with Gasteiger partial charge in [-0.05, 0) is 36.8 Å². The van der Waals surface area contributed by atoms with E-state index in [1.165, 1.54) is 12.1 Å². The summed E-state index contributed by atoms with van der Waals surface area (Å²) in [5, 5.41) is 0.898. The van der Waals surface area contributed by atoms with Crippen molar-refractivity contribution < 1.29 is 13.2 Å². The minimum absolute atomic E-state index is 0.0272. The number of carbonyl (C=O) groups is 1. The van der Waals surface area contributed by atoms with Crippen molar-refractivity contribution >= 4 is 32.7 Å². The van der Waals surface area contributed by atoms with E-state index >= 15 is 0 Å². The first-order chi connectivity index (χ1) is 11.0. The van der Waals surface area contributed by atoms with Gasteiger partial charge in [0.15, 0.2) is 5.82 Å². The van der Waals surface area contributed by atoms with E-state index in [-0.39, 0.29) is 16.3 Å². The molecule has 0 aliphatic carbocycles. The molecule has 1 amide bonds. The van der Waals surface area contributed by atoms with Gasteiger partial charge in [-0.2, -0.15) is 4.31 Å². The molecule has 0 N–H and O–H groups in total. The van der Waals surface area contributed by atoms with Gasteiger partial charge in [0.25, 0.3) is 15.9 Å². The van der Waals surface area contributed by atoms with Crippen molar-refractivity contribution in [3.8, 4) is 0 Å². The second-order valence-corrected chi connectivity index (χ2v) is 7.15. The molecule has 0 unspecified atom stereocenters. The van der Waals surface area contributed by atoms with Crippen molar-refractivity contribution in [3.63, 3.8) is 0 Å². The van der Waals surface area contributed by atoms with Crippen LogP contribution in [0.3, 0.4) is 0 Å². The Morgan fingerprint density at radius 2 is 1.70 bits per heavy atom. The minimum Gasteiger partial charge on any atom is -0.267 e. The van der Waals surface area contributed by atoms with E-state index in [9.17, 15) is 13.2 Å². The molecule has 3 aromatic rings. The molecule has 0 atom stereocenters. The summed E-state index contributed by atoms with van der Waals surface area (Å²) >= 11 is 0. The average Bonchev–Trinajstić information content (AvgIpc) is 2.74. The Morgan fingerprint density at radius 1 is 1.00 bits per heavy atom. The van der Waals surface area contributed by atoms with Gasteiger partial charge >= 0.3 is 0 Å². The van der Waals surface area contributed by atoms with Crippen molar-refractivity contribution in [2.24, 2.45) is 0 Å². The topological polar surface area (TPSA) is 67.3 Å². The first-order valence-electron chi connectivity index (χ1n) is 7.05. The van der Waals surface area contributed by atoms with Gasteiger partial charge in [0.2, 0.25) is 0 Å². The Hall–Kier alpha value is -2.73. The zero-order chi connectivity index (χ0) is 16.2. The lowest BCUT2D eigenvalue weighted by Crippen LogP contribution is -2.31. The SMILES string of the molecule is Cc1cc2ccccc2nc1N1C(=O)c2ccccc2S1(=O)=O. The third kappa shape index (κ3) is 1.88. The molecule has 1 aliphatic rings. The molecule has 2 aromatic carbocycles. The number of carbonyl (C=O) groups excluding carboxylic acids is 1. The van der Waals surface area contributed by atoms with Crippen LogP contribution in [-0.4, -0.2) is 19.3 Å². The average molecular weight is 324 g/mol. The first kappa shape index (κ1) is 13.9.